The lowest BCUT2D eigenvalue weighted by molar-refractivity contribution is 0.778. The van der Waals surface area contributed by atoms with Crippen molar-refractivity contribution >= 4 is 22.5 Å². The summed E-state index contributed by atoms with van der Waals surface area (Å²) in [5, 5.41) is 24.1. The van der Waals surface area contributed by atoms with Crippen LogP contribution in [-0.2, 0) is 13.5 Å². The first-order chi connectivity index (χ1) is 15.7. The SMILES string of the molecule is CCc1cc(-c2ccc(-c3nc(Nc4ccc5[nH]ncc5c4C4CC4)n(C)n3)cc2)n[nH]1. The van der Waals surface area contributed by atoms with Crippen LogP contribution in [0.25, 0.3) is 33.5 Å². The Kier molecular flexibility index (Phi) is 4.31. The molecule has 0 spiro atoms. The number of H-pyrrole nitrogens is 2. The summed E-state index contributed by atoms with van der Waals surface area (Å²) in [6, 6.07) is 14.5. The molecule has 0 radical (unpaired) electrons. The monoisotopic (exact) mass is 424 g/mol. The van der Waals surface area contributed by atoms with E-state index < -0.39 is 0 Å². The van der Waals surface area contributed by atoms with Crippen LogP contribution in [0.1, 0.15) is 36.9 Å². The molecule has 0 atom stereocenters. The summed E-state index contributed by atoms with van der Waals surface area (Å²) < 4.78 is 1.79. The number of fused-ring (bicyclic) bond motifs is 1. The van der Waals surface area contributed by atoms with Crippen molar-refractivity contribution in [2.45, 2.75) is 32.1 Å². The first-order valence-electron chi connectivity index (χ1n) is 11.0. The summed E-state index contributed by atoms with van der Waals surface area (Å²) in [4.78, 5) is 4.78. The van der Waals surface area contributed by atoms with Crippen molar-refractivity contribution in [3.8, 4) is 22.6 Å². The van der Waals surface area contributed by atoms with E-state index in [0.29, 0.717) is 17.7 Å². The minimum absolute atomic E-state index is 0.578. The Morgan fingerprint density at radius 3 is 2.62 bits per heavy atom. The molecule has 32 heavy (non-hydrogen) atoms. The number of aromatic nitrogens is 7. The van der Waals surface area contributed by atoms with Gasteiger partial charge in [-0.15, -0.1) is 5.10 Å². The lowest BCUT2D eigenvalue weighted by Gasteiger charge is -2.11. The van der Waals surface area contributed by atoms with Gasteiger partial charge in [0.2, 0.25) is 5.95 Å². The molecule has 1 aliphatic carbocycles. The van der Waals surface area contributed by atoms with Crippen LogP contribution in [-0.4, -0.2) is 35.2 Å². The van der Waals surface area contributed by atoms with Gasteiger partial charge in [-0.05, 0) is 48.9 Å². The summed E-state index contributed by atoms with van der Waals surface area (Å²) in [6.45, 7) is 2.11. The summed E-state index contributed by atoms with van der Waals surface area (Å²) in [5.41, 5.74) is 7.58. The maximum atomic E-state index is 4.78. The van der Waals surface area contributed by atoms with Crippen molar-refractivity contribution in [3.05, 3.63) is 59.9 Å². The molecule has 1 aliphatic rings. The van der Waals surface area contributed by atoms with Gasteiger partial charge in [0.15, 0.2) is 5.82 Å². The van der Waals surface area contributed by atoms with Crippen molar-refractivity contribution in [2.24, 2.45) is 7.05 Å². The predicted octanol–water partition coefficient (Wildman–Crippen LogP) is 4.93. The van der Waals surface area contributed by atoms with Crippen molar-refractivity contribution in [2.75, 3.05) is 5.32 Å². The van der Waals surface area contributed by atoms with Gasteiger partial charge in [-0.2, -0.15) is 15.2 Å². The van der Waals surface area contributed by atoms with E-state index in [1.807, 2.05) is 25.4 Å². The molecule has 0 saturated heterocycles. The highest BCUT2D eigenvalue weighted by molar-refractivity contribution is 5.89. The molecule has 0 unspecified atom stereocenters. The molecule has 0 bridgehead atoms. The van der Waals surface area contributed by atoms with Gasteiger partial charge >= 0.3 is 0 Å². The van der Waals surface area contributed by atoms with Gasteiger partial charge in [0.1, 0.15) is 0 Å². The zero-order chi connectivity index (χ0) is 21.7. The number of hydrogen-bond donors (Lipinski definition) is 3. The maximum Gasteiger partial charge on any atom is 0.225 e. The van der Waals surface area contributed by atoms with Gasteiger partial charge in [-0.25, -0.2) is 4.68 Å². The minimum atomic E-state index is 0.578. The average molecular weight is 425 g/mol. The Morgan fingerprint density at radius 2 is 1.88 bits per heavy atom. The Hall–Kier alpha value is -3.94. The predicted molar refractivity (Wildman–Crippen MR) is 125 cm³/mol. The van der Waals surface area contributed by atoms with Crippen LogP contribution in [0.15, 0.2) is 48.7 Å². The van der Waals surface area contributed by atoms with E-state index in [2.05, 4.69) is 68.1 Å². The molecule has 1 fully saturated rings. The highest BCUT2D eigenvalue weighted by Gasteiger charge is 2.29. The Balaban J connectivity index is 1.29. The molecule has 2 aromatic carbocycles. The van der Waals surface area contributed by atoms with Crippen LogP contribution in [0.4, 0.5) is 11.6 Å². The molecule has 0 aliphatic heterocycles. The molecule has 160 valence electrons. The van der Waals surface area contributed by atoms with E-state index in [1.54, 1.807) is 4.68 Å². The molecule has 3 heterocycles. The highest BCUT2D eigenvalue weighted by atomic mass is 15.4. The van der Waals surface area contributed by atoms with E-state index in [0.717, 1.165) is 40.1 Å². The fourth-order valence-corrected chi connectivity index (χ4v) is 4.18. The number of rotatable bonds is 6. The topological polar surface area (TPSA) is 100 Å². The van der Waals surface area contributed by atoms with E-state index in [-0.39, 0.29) is 0 Å². The zero-order valence-corrected chi connectivity index (χ0v) is 18.1. The number of nitrogens with one attached hydrogen (secondary N) is 3. The Morgan fingerprint density at radius 1 is 1.06 bits per heavy atom. The molecule has 3 N–H and O–H groups in total. The molecule has 1 saturated carbocycles. The normalized spacial score (nSPS) is 13.7. The lowest BCUT2D eigenvalue weighted by Crippen LogP contribution is -2.02. The summed E-state index contributed by atoms with van der Waals surface area (Å²) in [5.74, 6) is 1.98. The van der Waals surface area contributed by atoms with Crippen molar-refractivity contribution in [1.82, 2.24) is 35.2 Å². The van der Waals surface area contributed by atoms with Crippen molar-refractivity contribution in [3.63, 3.8) is 0 Å². The second-order valence-electron chi connectivity index (χ2n) is 8.35. The van der Waals surface area contributed by atoms with Gasteiger partial charge < -0.3 is 5.32 Å². The quantitative estimate of drug-likeness (QED) is 0.359. The molecular weight excluding hydrogens is 400 g/mol. The van der Waals surface area contributed by atoms with Gasteiger partial charge in [-0.3, -0.25) is 10.2 Å². The van der Waals surface area contributed by atoms with Gasteiger partial charge in [0, 0.05) is 34.9 Å². The van der Waals surface area contributed by atoms with E-state index >= 15 is 0 Å². The second kappa shape index (κ2) is 7.33. The van der Waals surface area contributed by atoms with Gasteiger partial charge in [-0.1, -0.05) is 31.2 Å². The number of nitrogens with zero attached hydrogens (tertiary/aromatic N) is 5. The van der Waals surface area contributed by atoms with E-state index in [4.69, 9.17) is 4.98 Å². The molecule has 8 heteroatoms. The first-order valence-corrected chi connectivity index (χ1v) is 11.0. The van der Waals surface area contributed by atoms with Gasteiger partial charge in [0.25, 0.3) is 0 Å². The minimum Gasteiger partial charge on any atom is -0.324 e. The van der Waals surface area contributed by atoms with Crippen LogP contribution in [0.2, 0.25) is 0 Å². The summed E-state index contributed by atoms with van der Waals surface area (Å²) >= 11 is 0. The number of anilines is 2. The summed E-state index contributed by atoms with van der Waals surface area (Å²) in [6.07, 6.45) is 5.28. The summed E-state index contributed by atoms with van der Waals surface area (Å²) in [7, 11) is 1.91. The fourth-order valence-electron chi connectivity index (χ4n) is 4.18. The molecular formula is C24H24N8. The molecule has 5 aromatic rings. The second-order valence-corrected chi connectivity index (χ2v) is 8.35. The van der Waals surface area contributed by atoms with Gasteiger partial charge in [0.05, 0.1) is 17.4 Å². The third-order valence-corrected chi connectivity index (χ3v) is 6.11. The highest BCUT2D eigenvalue weighted by Crippen LogP contribution is 2.47. The zero-order valence-electron chi connectivity index (χ0n) is 18.1. The van der Waals surface area contributed by atoms with Crippen LogP contribution in [0.5, 0.6) is 0 Å². The number of aryl methyl sites for hydroxylation is 2. The molecule has 6 rings (SSSR count). The van der Waals surface area contributed by atoms with Crippen LogP contribution in [0, 0.1) is 0 Å². The third kappa shape index (κ3) is 3.24. The smallest absolute Gasteiger partial charge is 0.225 e. The maximum absolute atomic E-state index is 4.78. The van der Waals surface area contributed by atoms with E-state index in [9.17, 15) is 0 Å². The third-order valence-electron chi connectivity index (χ3n) is 6.11. The van der Waals surface area contributed by atoms with Crippen LogP contribution >= 0.6 is 0 Å². The fraction of sp³-hybridized carbons (Fsp3) is 0.250. The van der Waals surface area contributed by atoms with Crippen molar-refractivity contribution < 1.29 is 0 Å². The Bertz CT molecular complexity index is 1400. The molecule has 0 amide bonds. The van der Waals surface area contributed by atoms with Crippen molar-refractivity contribution in [1.29, 1.82) is 0 Å². The van der Waals surface area contributed by atoms with Crippen LogP contribution in [0.3, 0.4) is 0 Å². The number of hydrogen-bond acceptors (Lipinski definition) is 5. The van der Waals surface area contributed by atoms with E-state index in [1.165, 1.54) is 23.8 Å². The molecule has 3 aromatic heterocycles. The number of benzene rings is 2. The van der Waals surface area contributed by atoms with Crippen LogP contribution < -0.4 is 5.32 Å². The standard InChI is InChI=1S/C24H24N8/c1-3-17-12-21(30-28-17)14-4-8-16(9-5-14)23-27-24(32(2)31-23)26-20-11-10-19-18(13-25-29-19)22(20)15-6-7-15/h4-5,8-13,15H,3,6-7H2,1-2H3,(H,25,29)(H,28,30)(H,26,27,31). The Labute approximate surface area is 185 Å². The first kappa shape index (κ1) is 18.8. The average Bonchev–Trinajstić information content (AvgIpc) is 3.20. The largest absolute Gasteiger partial charge is 0.324 e. The lowest BCUT2D eigenvalue weighted by atomic mass is 10.0. The number of aromatic amines is 2. The molecule has 8 nitrogen and oxygen atoms in total.